The van der Waals surface area contributed by atoms with Gasteiger partial charge in [0.05, 0.1) is 14.2 Å². The van der Waals surface area contributed by atoms with Crippen LogP contribution in [-0.4, -0.2) is 62.1 Å². The molecule has 0 aliphatic carbocycles. The number of likely N-dealkylation sites (tertiary alicyclic amines) is 2. The summed E-state index contributed by atoms with van der Waals surface area (Å²) in [4.78, 5) is 17.0. The lowest BCUT2D eigenvalue weighted by molar-refractivity contribution is -0.127. The molecule has 0 unspecified atom stereocenters. The molecule has 5 heteroatoms. The van der Waals surface area contributed by atoms with Crippen LogP contribution in [0, 0.1) is 0 Å². The summed E-state index contributed by atoms with van der Waals surface area (Å²) < 4.78 is 10.6. The summed E-state index contributed by atoms with van der Waals surface area (Å²) in [6.45, 7) is 4.17. The summed E-state index contributed by atoms with van der Waals surface area (Å²) in [6.07, 6.45) is 8.31. The normalized spacial score (nSPS) is 19.5. The molecule has 0 atom stereocenters. The number of ether oxygens (including phenoxy) is 2. The summed E-state index contributed by atoms with van der Waals surface area (Å²) in [5.74, 6) is 1.53. The van der Waals surface area contributed by atoms with Gasteiger partial charge in [-0.1, -0.05) is 0 Å². The number of carbonyl (C=O) groups excluding carboxylic acids is 1. The highest BCUT2D eigenvalue weighted by molar-refractivity contribution is 5.92. The molecule has 0 spiro atoms. The number of benzene rings is 1. The van der Waals surface area contributed by atoms with Crippen LogP contribution in [0.2, 0.25) is 0 Å². The van der Waals surface area contributed by atoms with Gasteiger partial charge in [0.1, 0.15) is 11.5 Å². The molecule has 2 aliphatic heterocycles. The summed E-state index contributed by atoms with van der Waals surface area (Å²) in [5, 5.41) is 0. The predicted molar refractivity (Wildman–Crippen MR) is 99.0 cm³/mol. The van der Waals surface area contributed by atoms with Crippen molar-refractivity contribution in [3.63, 3.8) is 0 Å². The minimum Gasteiger partial charge on any atom is -0.497 e. The molecule has 2 aliphatic rings. The quantitative estimate of drug-likeness (QED) is 0.771. The van der Waals surface area contributed by atoms with E-state index in [4.69, 9.17) is 9.47 Å². The molecule has 0 N–H and O–H groups in total. The van der Waals surface area contributed by atoms with Gasteiger partial charge < -0.3 is 19.3 Å². The molecule has 0 radical (unpaired) electrons. The fourth-order valence-electron chi connectivity index (χ4n) is 3.78. The Labute approximate surface area is 150 Å². The lowest BCUT2D eigenvalue weighted by Gasteiger charge is -2.36. The zero-order valence-electron chi connectivity index (χ0n) is 15.2. The van der Waals surface area contributed by atoms with Crippen molar-refractivity contribution in [2.75, 3.05) is 40.4 Å². The third kappa shape index (κ3) is 4.34. The zero-order valence-corrected chi connectivity index (χ0v) is 15.2. The molecule has 5 nitrogen and oxygen atoms in total. The van der Waals surface area contributed by atoms with Crippen molar-refractivity contribution in [3.05, 3.63) is 29.8 Å². The van der Waals surface area contributed by atoms with E-state index < -0.39 is 0 Å². The molecule has 2 fully saturated rings. The minimum atomic E-state index is 0.0812. The Hall–Kier alpha value is -2.01. The Bertz CT molecular complexity index is 615. The molecule has 3 rings (SSSR count). The first-order valence-electron chi connectivity index (χ1n) is 9.14. The smallest absolute Gasteiger partial charge is 0.246 e. The number of carbonyl (C=O) groups is 1. The Balaban J connectivity index is 1.56. The summed E-state index contributed by atoms with van der Waals surface area (Å²) in [7, 11) is 3.25. The summed E-state index contributed by atoms with van der Waals surface area (Å²) >= 11 is 0. The van der Waals surface area contributed by atoms with E-state index in [0.29, 0.717) is 11.8 Å². The van der Waals surface area contributed by atoms with Crippen LogP contribution < -0.4 is 9.47 Å². The van der Waals surface area contributed by atoms with Crippen molar-refractivity contribution in [1.29, 1.82) is 0 Å². The Morgan fingerprint density at radius 1 is 1.08 bits per heavy atom. The molecule has 2 heterocycles. The van der Waals surface area contributed by atoms with Gasteiger partial charge in [-0.3, -0.25) is 4.79 Å². The molecule has 1 amide bonds. The zero-order chi connectivity index (χ0) is 17.6. The van der Waals surface area contributed by atoms with E-state index in [1.165, 1.54) is 25.9 Å². The SMILES string of the molecule is COc1ccc(/C=C\C(=O)N2CCC(N3CCCC3)CC2)c(OC)c1. The predicted octanol–water partition coefficient (Wildman–Crippen LogP) is 2.80. The van der Waals surface area contributed by atoms with Crippen LogP contribution in [0.25, 0.3) is 6.08 Å². The highest BCUT2D eigenvalue weighted by Gasteiger charge is 2.27. The van der Waals surface area contributed by atoms with Crippen LogP contribution in [0.5, 0.6) is 11.5 Å². The van der Waals surface area contributed by atoms with Crippen LogP contribution in [0.4, 0.5) is 0 Å². The van der Waals surface area contributed by atoms with E-state index in [-0.39, 0.29) is 5.91 Å². The van der Waals surface area contributed by atoms with Crippen molar-refractivity contribution >= 4 is 12.0 Å². The van der Waals surface area contributed by atoms with E-state index in [1.54, 1.807) is 20.3 Å². The van der Waals surface area contributed by atoms with Gasteiger partial charge in [-0.2, -0.15) is 0 Å². The van der Waals surface area contributed by atoms with Crippen molar-refractivity contribution in [2.24, 2.45) is 0 Å². The average Bonchev–Trinajstić information content (AvgIpc) is 3.20. The Morgan fingerprint density at radius 2 is 1.80 bits per heavy atom. The molecule has 0 aromatic heterocycles. The number of rotatable bonds is 5. The molecule has 1 aromatic carbocycles. The third-order valence-corrected chi connectivity index (χ3v) is 5.28. The minimum absolute atomic E-state index is 0.0812. The Kier molecular flexibility index (Phi) is 5.97. The van der Waals surface area contributed by atoms with Gasteiger partial charge in [0.2, 0.25) is 5.91 Å². The second kappa shape index (κ2) is 8.39. The fraction of sp³-hybridized carbons (Fsp3) is 0.550. The van der Waals surface area contributed by atoms with Crippen molar-refractivity contribution in [1.82, 2.24) is 9.80 Å². The highest BCUT2D eigenvalue weighted by Crippen LogP contribution is 2.26. The van der Waals surface area contributed by atoms with Gasteiger partial charge in [0, 0.05) is 36.8 Å². The third-order valence-electron chi connectivity index (χ3n) is 5.28. The summed E-state index contributed by atoms with van der Waals surface area (Å²) in [5.41, 5.74) is 0.878. The number of hydrogen-bond donors (Lipinski definition) is 0. The molecule has 2 saturated heterocycles. The van der Waals surface area contributed by atoms with Gasteiger partial charge in [-0.25, -0.2) is 0 Å². The molecule has 136 valence electrons. The molecule has 1 aromatic rings. The monoisotopic (exact) mass is 344 g/mol. The van der Waals surface area contributed by atoms with Gasteiger partial charge in [-0.15, -0.1) is 0 Å². The number of piperidine rings is 1. The lowest BCUT2D eigenvalue weighted by Crippen LogP contribution is -2.45. The number of amides is 1. The largest absolute Gasteiger partial charge is 0.497 e. The number of nitrogens with zero attached hydrogens (tertiary/aromatic N) is 2. The topological polar surface area (TPSA) is 42.0 Å². The lowest BCUT2D eigenvalue weighted by atomic mass is 10.0. The maximum atomic E-state index is 12.5. The fourth-order valence-corrected chi connectivity index (χ4v) is 3.78. The van der Waals surface area contributed by atoms with Crippen LogP contribution in [0.3, 0.4) is 0 Å². The van der Waals surface area contributed by atoms with Gasteiger partial charge in [0.25, 0.3) is 0 Å². The second-order valence-electron chi connectivity index (χ2n) is 6.74. The molecule has 0 bridgehead atoms. The average molecular weight is 344 g/mol. The van der Waals surface area contributed by atoms with Crippen LogP contribution in [-0.2, 0) is 4.79 Å². The van der Waals surface area contributed by atoms with E-state index in [0.717, 1.165) is 37.2 Å². The molecular formula is C20H28N2O3. The molecule has 25 heavy (non-hydrogen) atoms. The summed E-state index contributed by atoms with van der Waals surface area (Å²) in [6, 6.07) is 6.26. The Morgan fingerprint density at radius 3 is 2.44 bits per heavy atom. The van der Waals surface area contributed by atoms with Gasteiger partial charge >= 0.3 is 0 Å². The number of methoxy groups -OCH3 is 2. The number of hydrogen-bond acceptors (Lipinski definition) is 4. The first-order valence-corrected chi connectivity index (χ1v) is 9.14. The van der Waals surface area contributed by atoms with E-state index >= 15 is 0 Å². The second-order valence-corrected chi connectivity index (χ2v) is 6.74. The standard InChI is InChI=1S/C20H28N2O3/c1-24-18-7-5-16(19(15-18)25-2)6-8-20(23)22-13-9-17(10-14-22)21-11-3-4-12-21/h5-8,15,17H,3-4,9-14H2,1-2H3/b8-6-. The first kappa shape index (κ1) is 17.8. The maximum absolute atomic E-state index is 12.5. The molecule has 0 saturated carbocycles. The maximum Gasteiger partial charge on any atom is 0.246 e. The van der Waals surface area contributed by atoms with Gasteiger partial charge in [-0.05, 0) is 57.0 Å². The van der Waals surface area contributed by atoms with Crippen molar-refractivity contribution in [3.8, 4) is 11.5 Å². The first-order chi connectivity index (χ1) is 12.2. The van der Waals surface area contributed by atoms with Crippen LogP contribution >= 0.6 is 0 Å². The van der Waals surface area contributed by atoms with E-state index in [2.05, 4.69) is 4.90 Å². The van der Waals surface area contributed by atoms with Crippen molar-refractivity contribution in [2.45, 2.75) is 31.7 Å². The van der Waals surface area contributed by atoms with Crippen LogP contribution in [0.1, 0.15) is 31.2 Å². The van der Waals surface area contributed by atoms with Crippen molar-refractivity contribution < 1.29 is 14.3 Å². The van der Waals surface area contributed by atoms with Gasteiger partial charge in [0.15, 0.2) is 0 Å². The van der Waals surface area contributed by atoms with E-state index in [9.17, 15) is 4.79 Å². The molecular weight excluding hydrogens is 316 g/mol. The van der Waals surface area contributed by atoms with E-state index in [1.807, 2.05) is 29.2 Å². The highest BCUT2D eigenvalue weighted by atomic mass is 16.5. The van der Waals surface area contributed by atoms with Crippen LogP contribution in [0.15, 0.2) is 24.3 Å².